The van der Waals surface area contributed by atoms with Gasteiger partial charge in [-0.1, -0.05) is 6.07 Å². The molecule has 0 amide bonds. The molecule has 2 nitrogen and oxygen atoms in total. The third kappa shape index (κ3) is 2.64. The Morgan fingerprint density at radius 2 is 2.00 bits per heavy atom. The van der Waals surface area contributed by atoms with Crippen LogP contribution >= 0.6 is 12.4 Å². The zero-order valence-electron chi connectivity index (χ0n) is 7.63. The first-order valence-electron chi connectivity index (χ1n) is 3.85. The molecule has 0 aliphatic carbocycles. The fourth-order valence-corrected chi connectivity index (χ4v) is 1.04. The van der Waals surface area contributed by atoms with Crippen molar-refractivity contribution in [2.24, 2.45) is 5.73 Å². The first kappa shape index (κ1) is 13.3. The van der Waals surface area contributed by atoms with Crippen LogP contribution in [0.2, 0.25) is 0 Å². The average Bonchev–Trinajstić information content (AvgIpc) is 2.03. The Balaban J connectivity index is 0.00000169. The topological polar surface area (TPSA) is 46.2 Å². The summed E-state index contributed by atoms with van der Waals surface area (Å²) in [5.74, 6) is -1.45. The van der Waals surface area contributed by atoms with E-state index in [2.05, 4.69) is 0 Å². The van der Waals surface area contributed by atoms with Gasteiger partial charge >= 0.3 is 0 Å². The van der Waals surface area contributed by atoms with Crippen molar-refractivity contribution in [3.8, 4) is 0 Å². The molecular weight excluding hydrogens is 212 g/mol. The highest BCUT2D eigenvalue weighted by Gasteiger charge is 2.24. The zero-order valence-corrected chi connectivity index (χ0v) is 8.44. The standard InChI is InChI=1S/C9H11F2NO.ClH/c1-9(13,5-12)7-3-2-6(10)4-8(7)11;/h2-4,13H,5,12H2,1H3;1H. The molecule has 0 radical (unpaired) electrons. The van der Waals surface area contributed by atoms with E-state index in [1.165, 1.54) is 13.0 Å². The largest absolute Gasteiger partial charge is 0.384 e. The summed E-state index contributed by atoms with van der Waals surface area (Å²) in [6.45, 7) is 1.26. The van der Waals surface area contributed by atoms with Gasteiger partial charge in [-0.25, -0.2) is 8.78 Å². The molecule has 0 spiro atoms. The lowest BCUT2D eigenvalue weighted by Gasteiger charge is -2.21. The van der Waals surface area contributed by atoms with Crippen LogP contribution in [0.5, 0.6) is 0 Å². The van der Waals surface area contributed by atoms with Gasteiger partial charge in [-0.05, 0) is 13.0 Å². The molecule has 0 heterocycles. The molecule has 0 aliphatic heterocycles. The van der Waals surface area contributed by atoms with Crippen LogP contribution in [-0.2, 0) is 5.60 Å². The van der Waals surface area contributed by atoms with Gasteiger partial charge in [-0.15, -0.1) is 12.4 Å². The summed E-state index contributed by atoms with van der Waals surface area (Å²) in [6.07, 6.45) is 0. The maximum atomic E-state index is 13.1. The van der Waals surface area contributed by atoms with Gasteiger partial charge in [0.25, 0.3) is 0 Å². The van der Waals surface area contributed by atoms with E-state index in [1.54, 1.807) is 0 Å². The molecule has 1 atom stereocenters. The predicted molar refractivity (Wildman–Crippen MR) is 52.2 cm³/mol. The Morgan fingerprint density at radius 1 is 1.43 bits per heavy atom. The Morgan fingerprint density at radius 3 is 2.43 bits per heavy atom. The van der Waals surface area contributed by atoms with E-state index in [0.29, 0.717) is 0 Å². The van der Waals surface area contributed by atoms with Gasteiger partial charge in [-0.3, -0.25) is 0 Å². The van der Waals surface area contributed by atoms with Gasteiger partial charge in [0.1, 0.15) is 17.2 Å². The Kier molecular flexibility index (Phi) is 4.45. The fraction of sp³-hybridized carbons (Fsp3) is 0.333. The van der Waals surface area contributed by atoms with E-state index < -0.39 is 17.2 Å². The molecule has 0 aliphatic rings. The van der Waals surface area contributed by atoms with E-state index in [-0.39, 0.29) is 24.5 Å². The number of benzene rings is 1. The molecule has 0 saturated heterocycles. The van der Waals surface area contributed by atoms with Crippen LogP contribution in [0.15, 0.2) is 18.2 Å². The number of halogens is 3. The van der Waals surface area contributed by atoms with Crippen LogP contribution in [-0.4, -0.2) is 11.7 Å². The molecule has 1 unspecified atom stereocenters. The molecule has 1 aromatic rings. The van der Waals surface area contributed by atoms with Crippen molar-refractivity contribution < 1.29 is 13.9 Å². The second kappa shape index (κ2) is 4.68. The molecule has 5 heteroatoms. The average molecular weight is 224 g/mol. The lowest BCUT2D eigenvalue weighted by molar-refractivity contribution is 0.0628. The summed E-state index contributed by atoms with van der Waals surface area (Å²) < 4.78 is 25.6. The van der Waals surface area contributed by atoms with Crippen LogP contribution < -0.4 is 5.73 Å². The van der Waals surface area contributed by atoms with Crippen molar-refractivity contribution in [1.82, 2.24) is 0 Å². The third-order valence-corrected chi connectivity index (χ3v) is 1.91. The van der Waals surface area contributed by atoms with Crippen molar-refractivity contribution in [1.29, 1.82) is 0 Å². The van der Waals surface area contributed by atoms with Gasteiger partial charge in [0, 0.05) is 18.2 Å². The molecule has 0 saturated carbocycles. The smallest absolute Gasteiger partial charge is 0.132 e. The number of hydrogen-bond acceptors (Lipinski definition) is 2. The first-order valence-corrected chi connectivity index (χ1v) is 3.85. The summed E-state index contributed by atoms with van der Waals surface area (Å²) >= 11 is 0. The number of aliphatic hydroxyl groups is 1. The summed E-state index contributed by atoms with van der Waals surface area (Å²) in [5, 5.41) is 9.58. The number of nitrogens with two attached hydrogens (primary N) is 1. The third-order valence-electron chi connectivity index (χ3n) is 1.91. The quantitative estimate of drug-likeness (QED) is 0.799. The first-order chi connectivity index (χ1) is 5.97. The van der Waals surface area contributed by atoms with Crippen LogP contribution in [0.25, 0.3) is 0 Å². The fourth-order valence-electron chi connectivity index (χ4n) is 1.04. The van der Waals surface area contributed by atoms with Crippen molar-refractivity contribution in [3.63, 3.8) is 0 Å². The summed E-state index contributed by atoms with van der Waals surface area (Å²) in [4.78, 5) is 0. The number of rotatable bonds is 2. The van der Waals surface area contributed by atoms with Gasteiger partial charge in [0.2, 0.25) is 0 Å². The predicted octanol–water partition coefficient (Wildman–Crippen LogP) is 1.55. The Hall–Kier alpha value is -0.710. The van der Waals surface area contributed by atoms with Gasteiger partial charge in [-0.2, -0.15) is 0 Å². The normalized spacial score (nSPS) is 14.4. The molecule has 80 valence electrons. The molecular formula is C9H12ClF2NO. The minimum Gasteiger partial charge on any atom is -0.384 e. The van der Waals surface area contributed by atoms with Crippen molar-refractivity contribution in [3.05, 3.63) is 35.4 Å². The van der Waals surface area contributed by atoms with Crippen molar-refractivity contribution in [2.45, 2.75) is 12.5 Å². The van der Waals surface area contributed by atoms with E-state index in [9.17, 15) is 13.9 Å². The summed E-state index contributed by atoms with van der Waals surface area (Å²) in [7, 11) is 0. The van der Waals surface area contributed by atoms with Gasteiger partial charge < -0.3 is 10.8 Å². The zero-order chi connectivity index (χ0) is 10.1. The van der Waals surface area contributed by atoms with Crippen LogP contribution in [0.3, 0.4) is 0 Å². The molecule has 14 heavy (non-hydrogen) atoms. The van der Waals surface area contributed by atoms with Crippen LogP contribution in [0.1, 0.15) is 12.5 Å². The number of hydrogen-bond donors (Lipinski definition) is 2. The Labute approximate surface area is 87.1 Å². The molecule has 0 fully saturated rings. The van der Waals surface area contributed by atoms with Gasteiger partial charge in [0.05, 0.1) is 0 Å². The molecule has 1 rings (SSSR count). The molecule has 3 N–H and O–H groups in total. The highest BCUT2D eigenvalue weighted by molar-refractivity contribution is 5.85. The maximum absolute atomic E-state index is 13.1. The summed E-state index contributed by atoms with van der Waals surface area (Å²) in [5.41, 5.74) is 3.80. The van der Waals surface area contributed by atoms with E-state index in [0.717, 1.165) is 12.1 Å². The van der Waals surface area contributed by atoms with Crippen LogP contribution in [0.4, 0.5) is 8.78 Å². The van der Waals surface area contributed by atoms with E-state index in [4.69, 9.17) is 5.73 Å². The van der Waals surface area contributed by atoms with Gasteiger partial charge in [0.15, 0.2) is 0 Å². The summed E-state index contributed by atoms with van der Waals surface area (Å²) in [6, 6.07) is 3.00. The molecule has 0 bridgehead atoms. The minimum atomic E-state index is -1.45. The van der Waals surface area contributed by atoms with Crippen molar-refractivity contribution in [2.75, 3.05) is 6.54 Å². The van der Waals surface area contributed by atoms with E-state index >= 15 is 0 Å². The SMILES string of the molecule is CC(O)(CN)c1ccc(F)cc1F.Cl. The highest BCUT2D eigenvalue weighted by Crippen LogP contribution is 2.22. The lowest BCUT2D eigenvalue weighted by atomic mass is 9.96. The Bertz CT molecular complexity index is 318. The molecule has 0 aromatic heterocycles. The minimum absolute atomic E-state index is 0. The lowest BCUT2D eigenvalue weighted by Crippen LogP contribution is -2.32. The maximum Gasteiger partial charge on any atom is 0.132 e. The molecule has 1 aromatic carbocycles. The monoisotopic (exact) mass is 223 g/mol. The van der Waals surface area contributed by atoms with E-state index in [1.807, 2.05) is 0 Å². The second-order valence-electron chi connectivity index (χ2n) is 3.10. The van der Waals surface area contributed by atoms with Crippen LogP contribution in [0, 0.1) is 11.6 Å². The van der Waals surface area contributed by atoms with Crippen molar-refractivity contribution >= 4 is 12.4 Å². The highest BCUT2D eigenvalue weighted by atomic mass is 35.5. The second-order valence-corrected chi connectivity index (χ2v) is 3.10.